The topological polar surface area (TPSA) is 63.2 Å². The van der Waals surface area contributed by atoms with Gasteiger partial charge >= 0.3 is 0 Å². The molecule has 0 fully saturated rings. The number of hydrogen-bond acceptors (Lipinski definition) is 4. The molecule has 1 aromatic heterocycles. The van der Waals surface area contributed by atoms with E-state index in [1.165, 1.54) is 11.3 Å². The van der Waals surface area contributed by atoms with Gasteiger partial charge in [-0.1, -0.05) is 23.8 Å². The summed E-state index contributed by atoms with van der Waals surface area (Å²) in [4.78, 5) is 12.7. The number of thiophene rings is 1. The van der Waals surface area contributed by atoms with Crippen molar-refractivity contribution in [2.45, 2.75) is 24.8 Å². The van der Waals surface area contributed by atoms with Gasteiger partial charge in [-0.05, 0) is 37.4 Å². The van der Waals surface area contributed by atoms with Crippen molar-refractivity contribution in [3.8, 4) is 0 Å². The predicted molar refractivity (Wildman–Crippen MR) is 84.5 cm³/mol. The molecule has 0 bridgehead atoms. The Bertz CT molecular complexity index is 704. The first-order chi connectivity index (χ1) is 9.88. The zero-order valence-corrected chi connectivity index (χ0v) is 13.5. The highest BCUT2D eigenvalue weighted by atomic mass is 32.2. The van der Waals surface area contributed by atoms with Crippen LogP contribution in [0.2, 0.25) is 0 Å². The van der Waals surface area contributed by atoms with Crippen molar-refractivity contribution in [1.82, 2.24) is 5.32 Å². The minimum atomic E-state index is -3.40. The van der Waals surface area contributed by atoms with Crippen molar-refractivity contribution >= 4 is 27.1 Å². The summed E-state index contributed by atoms with van der Waals surface area (Å²) in [5.74, 6) is -0.357. The fourth-order valence-corrected chi connectivity index (χ4v) is 4.03. The molecule has 2 aromatic rings. The number of benzene rings is 1. The summed E-state index contributed by atoms with van der Waals surface area (Å²) in [5, 5.41) is 4.52. The molecule has 0 aliphatic rings. The third-order valence-electron chi connectivity index (χ3n) is 2.97. The quantitative estimate of drug-likeness (QED) is 0.920. The summed E-state index contributed by atoms with van der Waals surface area (Å²) in [7, 11) is -3.40. The minimum Gasteiger partial charge on any atom is -0.348 e. The molecule has 1 heterocycles. The summed E-state index contributed by atoms with van der Waals surface area (Å²) in [5.41, 5.74) is 1.01. The second-order valence-corrected chi connectivity index (χ2v) is 7.93. The van der Waals surface area contributed by atoms with Gasteiger partial charge in [-0.25, -0.2) is 8.42 Å². The van der Waals surface area contributed by atoms with Gasteiger partial charge in [-0.15, -0.1) is 11.3 Å². The number of rotatable bonds is 5. The molecule has 112 valence electrons. The molecule has 0 saturated carbocycles. The Morgan fingerprint density at radius 1 is 1.24 bits per heavy atom. The van der Waals surface area contributed by atoms with Crippen molar-refractivity contribution in [1.29, 1.82) is 0 Å². The Kier molecular flexibility index (Phi) is 4.80. The second-order valence-electron chi connectivity index (χ2n) is 4.95. The molecular formula is C15H17NO3S2. The third-order valence-corrected chi connectivity index (χ3v) is 5.77. The van der Waals surface area contributed by atoms with E-state index in [1.807, 2.05) is 12.3 Å². The maximum atomic E-state index is 12.3. The summed E-state index contributed by atoms with van der Waals surface area (Å²) >= 11 is 1.33. The van der Waals surface area contributed by atoms with Gasteiger partial charge in [0.1, 0.15) is 0 Å². The van der Waals surface area contributed by atoms with Crippen LogP contribution in [0.5, 0.6) is 0 Å². The van der Waals surface area contributed by atoms with Crippen molar-refractivity contribution in [2.75, 3.05) is 5.75 Å². The molecule has 1 aromatic carbocycles. The van der Waals surface area contributed by atoms with E-state index in [2.05, 4.69) is 5.32 Å². The first-order valence-electron chi connectivity index (χ1n) is 6.52. The van der Waals surface area contributed by atoms with Gasteiger partial charge < -0.3 is 5.32 Å². The highest BCUT2D eigenvalue weighted by Gasteiger charge is 2.20. The van der Waals surface area contributed by atoms with Crippen LogP contribution in [0.15, 0.2) is 46.7 Å². The van der Waals surface area contributed by atoms with E-state index in [0.29, 0.717) is 4.88 Å². The molecule has 0 unspecified atom stereocenters. The Labute approximate surface area is 128 Å². The lowest BCUT2D eigenvalue weighted by atomic mass is 10.2. The lowest BCUT2D eigenvalue weighted by Crippen LogP contribution is -2.37. The monoisotopic (exact) mass is 323 g/mol. The van der Waals surface area contributed by atoms with Gasteiger partial charge in [0, 0.05) is 6.04 Å². The second kappa shape index (κ2) is 6.41. The summed E-state index contributed by atoms with van der Waals surface area (Å²) in [6.07, 6.45) is 0. The van der Waals surface area contributed by atoms with Crippen LogP contribution in [-0.2, 0) is 9.84 Å². The van der Waals surface area contributed by atoms with Crippen LogP contribution in [0.1, 0.15) is 22.2 Å². The van der Waals surface area contributed by atoms with Crippen LogP contribution in [0.25, 0.3) is 0 Å². The molecular weight excluding hydrogens is 306 g/mol. The molecule has 1 atom stereocenters. The van der Waals surface area contributed by atoms with Crippen molar-refractivity contribution < 1.29 is 13.2 Å². The first-order valence-corrected chi connectivity index (χ1v) is 9.05. The fourth-order valence-electron chi connectivity index (χ4n) is 1.92. The number of sulfone groups is 1. The van der Waals surface area contributed by atoms with E-state index in [4.69, 9.17) is 0 Å². The number of hydrogen-bond donors (Lipinski definition) is 1. The Hall–Kier alpha value is -1.66. The van der Waals surface area contributed by atoms with Crippen LogP contribution >= 0.6 is 11.3 Å². The molecule has 0 aliphatic heterocycles. The van der Waals surface area contributed by atoms with E-state index in [9.17, 15) is 13.2 Å². The smallest absolute Gasteiger partial charge is 0.261 e. The zero-order chi connectivity index (χ0) is 15.5. The zero-order valence-electron chi connectivity index (χ0n) is 11.9. The molecule has 1 N–H and O–H groups in total. The van der Waals surface area contributed by atoms with E-state index < -0.39 is 15.9 Å². The largest absolute Gasteiger partial charge is 0.348 e. The van der Waals surface area contributed by atoms with Crippen molar-refractivity contribution in [3.63, 3.8) is 0 Å². The molecule has 0 aliphatic carbocycles. The van der Waals surface area contributed by atoms with Crippen LogP contribution in [0, 0.1) is 6.92 Å². The van der Waals surface area contributed by atoms with Crippen LogP contribution < -0.4 is 5.32 Å². The predicted octanol–water partition coefficient (Wildman–Crippen LogP) is 2.65. The van der Waals surface area contributed by atoms with Gasteiger partial charge in [0.2, 0.25) is 0 Å². The first kappa shape index (κ1) is 15.7. The highest BCUT2D eigenvalue weighted by molar-refractivity contribution is 7.91. The molecule has 0 radical (unpaired) electrons. The number of amides is 1. The summed E-state index contributed by atoms with van der Waals surface area (Å²) in [6, 6.07) is 9.76. The Balaban J connectivity index is 2.03. The standard InChI is InChI=1S/C15H17NO3S2/c1-11-5-7-13(8-6-11)21(18,19)10-12(2)16-15(17)14-4-3-9-20-14/h3-9,12H,10H2,1-2H3,(H,16,17)/t12-/m1/s1. The molecule has 21 heavy (non-hydrogen) atoms. The van der Waals surface area contributed by atoms with E-state index in [1.54, 1.807) is 43.3 Å². The number of aryl methyl sites for hydroxylation is 1. The lowest BCUT2D eigenvalue weighted by Gasteiger charge is -2.13. The third kappa shape index (κ3) is 4.15. The maximum Gasteiger partial charge on any atom is 0.261 e. The molecule has 2 rings (SSSR count). The van der Waals surface area contributed by atoms with Crippen molar-refractivity contribution in [3.05, 3.63) is 52.2 Å². The summed E-state index contributed by atoms with van der Waals surface area (Å²) in [6.45, 7) is 3.59. The average molecular weight is 323 g/mol. The van der Waals surface area contributed by atoms with Gasteiger partial charge in [0.15, 0.2) is 9.84 Å². The van der Waals surface area contributed by atoms with Crippen LogP contribution in [-0.4, -0.2) is 26.1 Å². The van der Waals surface area contributed by atoms with E-state index in [-0.39, 0.29) is 16.6 Å². The molecule has 6 heteroatoms. The summed E-state index contributed by atoms with van der Waals surface area (Å²) < 4.78 is 24.5. The number of carbonyl (C=O) groups excluding carboxylic acids is 1. The number of nitrogens with one attached hydrogen (secondary N) is 1. The molecule has 0 saturated heterocycles. The highest BCUT2D eigenvalue weighted by Crippen LogP contribution is 2.14. The SMILES string of the molecule is Cc1ccc(S(=O)(=O)C[C@@H](C)NC(=O)c2cccs2)cc1. The Morgan fingerprint density at radius 3 is 2.48 bits per heavy atom. The van der Waals surface area contributed by atoms with Crippen molar-refractivity contribution in [2.24, 2.45) is 0 Å². The van der Waals surface area contributed by atoms with Gasteiger partial charge in [-0.3, -0.25) is 4.79 Å². The van der Waals surface area contributed by atoms with E-state index in [0.717, 1.165) is 5.56 Å². The average Bonchev–Trinajstić information content (AvgIpc) is 2.92. The lowest BCUT2D eigenvalue weighted by molar-refractivity contribution is 0.0947. The van der Waals surface area contributed by atoms with Crippen LogP contribution in [0.3, 0.4) is 0 Å². The Morgan fingerprint density at radius 2 is 1.90 bits per heavy atom. The number of carbonyl (C=O) groups is 1. The minimum absolute atomic E-state index is 0.118. The molecule has 1 amide bonds. The van der Waals surface area contributed by atoms with E-state index >= 15 is 0 Å². The van der Waals surface area contributed by atoms with Gasteiger partial charge in [0.05, 0.1) is 15.5 Å². The maximum absolute atomic E-state index is 12.3. The van der Waals surface area contributed by atoms with Gasteiger partial charge in [0.25, 0.3) is 5.91 Å². The van der Waals surface area contributed by atoms with Gasteiger partial charge in [-0.2, -0.15) is 0 Å². The molecule has 4 nitrogen and oxygen atoms in total. The fraction of sp³-hybridized carbons (Fsp3) is 0.267. The molecule has 0 spiro atoms. The van der Waals surface area contributed by atoms with Crippen LogP contribution in [0.4, 0.5) is 0 Å². The normalized spacial score (nSPS) is 12.9.